The third-order valence-corrected chi connectivity index (χ3v) is 4.01. The first-order valence-electron chi connectivity index (χ1n) is 7.99. The maximum atomic E-state index is 12.0. The summed E-state index contributed by atoms with van der Waals surface area (Å²) in [7, 11) is 0. The van der Waals surface area contributed by atoms with Crippen LogP contribution in [0, 0.1) is 0 Å². The minimum atomic E-state index is -0.356. The molecule has 0 unspecified atom stereocenters. The smallest absolute Gasteiger partial charge is 0.249 e. The number of aromatic nitrogens is 2. The van der Waals surface area contributed by atoms with Crippen molar-refractivity contribution in [1.82, 2.24) is 15.1 Å². The fourth-order valence-electron chi connectivity index (χ4n) is 2.72. The van der Waals surface area contributed by atoms with E-state index >= 15 is 0 Å². The van der Waals surface area contributed by atoms with Gasteiger partial charge < -0.3 is 15.8 Å². The maximum Gasteiger partial charge on any atom is 0.249 e. The molecule has 0 radical (unpaired) electrons. The Labute approximate surface area is 147 Å². The average Bonchev–Trinajstić information content (AvgIpc) is 3.25. The summed E-state index contributed by atoms with van der Waals surface area (Å²) in [5.74, 6) is -0.0524. The summed E-state index contributed by atoms with van der Waals surface area (Å²) in [6.07, 6.45) is 3.89. The van der Waals surface area contributed by atoms with Crippen LogP contribution in [0.1, 0.15) is 18.5 Å². The van der Waals surface area contributed by atoms with Crippen LogP contribution >= 0.6 is 12.4 Å². The van der Waals surface area contributed by atoms with Gasteiger partial charge in [0.2, 0.25) is 5.91 Å². The van der Waals surface area contributed by atoms with Crippen LogP contribution in [-0.2, 0) is 16.0 Å². The monoisotopic (exact) mass is 350 g/mol. The first-order chi connectivity index (χ1) is 11.3. The lowest BCUT2D eigenvalue weighted by atomic mass is 10.2. The molecule has 1 aromatic carbocycles. The van der Waals surface area contributed by atoms with Crippen molar-refractivity contribution in [3.63, 3.8) is 0 Å². The van der Waals surface area contributed by atoms with Gasteiger partial charge in [0, 0.05) is 25.7 Å². The summed E-state index contributed by atoms with van der Waals surface area (Å²) < 4.78 is 7.42. The third kappa shape index (κ3) is 4.56. The highest BCUT2D eigenvalue weighted by Gasteiger charge is 2.29. The maximum absolute atomic E-state index is 12.0. The van der Waals surface area contributed by atoms with Gasteiger partial charge in [0.25, 0.3) is 0 Å². The summed E-state index contributed by atoms with van der Waals surface area (Å²) in [4.78, 5) is 12.0. The number of hydrogen-bond donors (Lipinski definition) is 2. The Morgan fingerprint density at radius 1 is 1.29 bits per heavy atom. The number of carbonyl (C=O) groups excluding carboxylic acids is 1. The van der Waals surface area contributed by atoms with Gasteiger partial charge in [0.05, 0.1) is 17.5 Å². The summed E-state index contributed by atoms with van der Waals surface area (Å²) in [5.41, 5.74) is 7.52. The molecule has 1 aromatic heterocycles. The van der Waals surface area contributed by atoms with Crippen molar-refractivity contribution in [2.45, 2.75) is 31.5 Å². The molecule has 7 heteroatoms. The van der Waals surface area contributed by atoms with E-state index in [-0.39, 0.29) is 30.5 Å². The van der Waals surface area contributed by atoms with Gasteiger partial charge in [-0.3, -0.25) is 4.79 Å². The fraction of sp³-hybridized carbons (Fsp3) is 0.412. The zero-order chi connectivity index (χ0) is 16.1. The van der Waals surface area contributed by atoms with Crippen LogP contribution in [-0.4, -0.2) is 41.0 Å². The molecule has 6 nitrogen and oxygen atoms in total. The largest absolute Gasteiger partial charge is 0.364 e. The lowest BCUT2D eigenvalue weighted by Crippen LogP contribution is -2.36. The first kappa shape index (κ1) is 18.4. The lowest BCUT2D eigenvalue weighted by molar-refractivity contribution is -0.131. The molecule has 0 bridgehead atoms. The Hall–Kier alpha value is -1.89. The number of benzene rings is 1. The van der Waals surface area contributed by atoms with E-state index in [0.29, 0.717) is 19.5 Å². The number of para-hydroxylation sites is 1. The predicted molar refractivity (Wildman–Crippen MR) is 94.5 cm³/mol. The summed E-state index contributed by atoms with van der Waals surface area (Å²) >= 11 is 0. The van der Waals surface area contributed by atoms with E-state index in [1.165, 1.54) is 0 Å². The number of halogens is 1. The minimum absolute atomic E-state index is 0. The number of nitrogens with zero attached hydrogens (tertiary/aromatic N) is 2. The second kappa shape index (κ2) is 8.82. The molecular weight excluding hydrogens is 328 g/mol. The number of rotatable bonds is 6. The van der Waals surface area contributed by atoms with Crippen LogP contribution in [0.4, 0.5) is 0 Å². The SMILES string of the molecule is Cl.NC[C@H]1CC[C@@H](C(=O)NCCc2ccn(-c3ccccc3)n2)O1. The van der Waals surface area contributed by atoms with Gasteiger partial charge in [-0.1, -0.05) is 18.2 Å². The van der Waals surface area contributed by atoms with Crippen LogP contribution in [0.2, 0.25) is 0 Å². The van der Waals surface area contributed by atoms with Gasteiger partial charge in [-0.05, 0) is 31.0 Å². The molecule has 1 saturated heterocycles. The van der Waals surface area contributed by atoms with E-state index in [0.717, 1.165) is 24.2 Å². The van der Waals surface area contributed by atoms with Crippen LogP contribution in [0.25, 0.3) is 5.69 Å². The fourth-order valence-corrected chi connectivity index (χ4v) is 2.72. The van der Waals surface area contributed by atoms with Crippen LogP contribution in [0.3, 0.4) is 0 Å². The normalized spacial score (nSPS) is 19.7. The van der Waals surface area contributed by atoms with Crippen molar-refractivity contribution in [2.75, 3.05) is 13.1 Å². The molecule has 3 rings (SSSR count). The molecule has 1 fully saturated rings. The Bertz CT molecular complexity index is 647. The van der Waals surface area contributed by atoms with Gasteiger partial charge in [-0.2, -0.15) is 5.10 Å². The topological polar surface area (TPSA) is 82.2 Å². The molecule has 0 spiro atoms. The van der Waals surface area contributed by atoms with Gasteiger partial charge in [-0.25, -0.2) is 4.68 Å². The highest BCUT2D eigenvalue weighted by atomic mass is 35.5. The van der Waals surface area contributed by atoms with E-state index in [1.54, 1.807) is 0 Å². The standard InChI is InChI=1S/C17H22N4O2.ClH/c18-12-15-6-7-16(23-15)17(22)19-10-8-13-9-11-21(20-13)14-4-2-1-3-5-14;/h1-5,9,11,15-16H,6-8,10,12,18H2,(H,19,22);1H/t15-,16+;/m1./s1. The van der Waals surface area contributed by atoms with Crippen molar-refractivity contribution < 1.29 is 9.53 Å². The van der Waals surface area contributed by atoms with E-state index in [9.17, 15) is 4.79 Å². The Morgan fingerprint density at radius 3 is 2.79 bits per heavy atom. The van der Waals surface area contributed by atoms with Crippen LogP contribution < -0.4 is 11.1 Å². The van der Waals surface area contributed by atoms with Crippen molar-refractivity contribution >= 4 is 18.3 Å². The van der Waals surface area contributed by atoms with Crippen molar-refractivity contribution in [3.8, 4) is 5.69 Å². The molecule has 2 aromatic rings. The highest BCUT2D eigenvalue weighted by molar-refractivity contribution is 5.85. The predicted octanol–water partition coefficient (Wildman–Crippen LogP) is 1.46. The van der Waals surface area contributed by atoms with E-state index < -0.39 is 0 Å². The quantitative estimate of drug-likeness (QED) is 0.826. The Morgan fingerprint density at radius 2 is 2.08 bits per heavy atom. The molecule has 2 heterocycles. The number of nitrogens with two attached hydrogens (primary N) is 1. The third-order valence-electron chi connectivity index (χ3n) is 4.01. The second-order valence-corrected chi connectivity index (χ2v) is 5.69. The highest BCUT2D eigenvalue weighted by Crippen LogP contribution is 2.18. The number of carbonyl (C=O) groups is 1. The number of amides is 1. The Kier molecular flexibility index (Phi) is 6.78. The van der Waals surface area contributed by atoms with E-state index in [2.05, 4.69) is 10.4 Å². The van der Waals surface area contributed by atoms with Crippen molar-refractivity contribution in [1.29, 1.82) is 0 Å². The first-order valence-corrected chi connectivity index (χ1v) is 7.99. The second-order valence-electron chi connectivity index (χ2n) is 5.69. The van der Waals surface area contributed by atoms with Gasteiger partial charge in [0.15, 0.2) is 0 Å². The molecule has 2 atom stereocenters. The molecule has 0 aliphatic carbocycles. The molecule has 1 amide bonds. The van der Waals surface area contributed by atoms with E-state index in [1.807, 2.05) is 47.3 Å². The summed E-state index contributed by atoms with van der Waals surface area (Å²) in [6.45, 7) is 1.03. The number of nitrogens with one attached hydrogen (secondary N) is 1. The molecule has 24 heavy (non-hydrogen) atoms. The van der Waals surface area contributed by atoms with E-state index in [4.69, 9.17) is 10.5 Å². The van der Waals surface area contributed by atoms with Gasteiger partial charge >= 0.3 is 0 Å². The van der Waals surface area contributed by atoms with Gasteiger partial charge in [0.1, 0.15) is 6.10 Å². The zero-order valence-electron chi connectivity index (χ0n) is 13.4. The van der Waals surface area contributed by atoms with Crippen molar-refractivity contribution in [2.24, 2.45) is 5.73 Å². The van der Waals surface area contributed by atoms with Crippen LogP contribution in [0.5, 0.6) is 0 Å². The summed E-state index contributed by atoms with van der Waals surface area (Å²) in [6, 6.07) is 11.9. The number of ether oxygens (including phenoxy) is 1. The minimum Gasteiger partial charge on any atom is -0.364 e. The van der Waals surface area contributed by atoms with Crippen molar-refractivity contribution in [3.05, 3.63) is 48.3 Å². The molecule has 0 saturated carbocycles. The lowest BCUT2D eigenvalue weighted by Gasteiger charge is -2.12. The Balaban J connectivity index is 0.00000208. The molecule has 1 aliphatic rings. The molecule has 3 N–H and O–H groups in total. The molecular formula is C17H23ClN4O2. The summed E-state index contributed by atoms with van der Waals surface area (Å²) in [5, 5.41) is 7.43. The zero-order valence-corrected chi connectivity index (χ0v) is 14.2. The van der Waals surface area contributed by atoms with Crippen LogP contribution in [0.15, 0.2) is 42.6 Å². The van der Waals surface area contributed by atoms with Gasteiger partial charge in [-0.15, -0.1) is 12.4 Å². The molecule has 1 aliphatic heterocycles. The number of hydrogen-bond acceptors (Lipinski definition) is 4. The molecule has 130 valence electrons. The average molecular weight is 351 g/mol.